The van der Waals surface area contributed by atoms with Crippen LogP contribution in [-0.4, -0.2) is 25.6 Å². The van der Waals surface area contributed by atoms with E-state index in [1.807, 2.05) is 31.4 Å². The fraction of sp³-hybridized carbons (Fsp3) is 0.250. The molecule has 21 heavy (non-hydrogen) atoms. The van der Waals surface area contributed by atoms with E-state index in [4.69, 9.17) is 17.7 Å². The Morgan fingerprint density at radius 1 is 1.19 bits per heavy atom. The Hall–Kier alpha value is -1.87. The van der Waals surface area contributed by atoms with Crippen LogP contribution in [0.3, 0.4) is 0 Å². The molecule has 5 nitrogen and oxygen atoms in total. The third-order valence-corrected chi connectivity index (χ3v) is 3.07. The van der Waals surface area contributed by atoms with Crippen molar-refractivity contribution >= 4 is 21.0 Å². The number of fused-ring (bicyclic) bond motifs is 1. The zero-order chi connectivity index (χ0) is 16.3. The smallest absolute Gasteiger partial charge is 0.485 e. The van der Waals surface area contributed by atoms with E-state index >= 15 is 0 Å². The molecular formula is C12H12F3NO4S. The zero-order valence-corrected chi connectivity index (χ0v) is 11.9. The van der Waals surface area contributed by atoms with Gasteiger partial charge in [-0.15, -0.1) is 0 Å². The summed E-state index contributed by atoms with van der Waals surface area (Å²) in [5.74, 6) is 0.925. The minimum absolute atomic E-state index is 0.925. The molecule has 0 aliphatic rings. The summed E-state index contributed by atoms with van der Waals surface area (Å²) in [5, 5.41) is 1.15. The van der Waals surface area contributed by atoms with E-state index in [-0.39, 0.29) is 0 Å². The van der Waals surface area contributed by atoms with Crippen molar-refractivity contribution in [3.05, 3.63) is 36.5 Å². The summed E-state index contributed by atoms with van der Waals surface area (Å²) in [6.45, 7) is 0. The van der Waals surface area contributed by atoms with Gasteiger partial charge >= 0.3 is 5.51 Å². The predicted octanol–water partition coefficient (Wildman–Crippen LogP) is 1.72. The van der Waals surface area contributed by atoms with Gasteiger partial charge in [-0.05, 0) is 6.07 Å². The summed E-state index contributed by atoms with van der Waals surface area (Å²) < 4.78 is 66.3. The lowest BCUT2D eigenvalue weighted by Gasteiger charge is -2.08. The Kier molecular flexibility index (Phi) is 5.13. The first-order valence-electron chi connectivity index (χ1n) is 5.51. The van der Waals surface area contributed by atoms with Gasteiger partial charge in [0.2, 0.25) is 5.52 Å². The SMILES string of the molecule is COc1cc[n+](C)c2ccccc12.O=S(=O)([O-])C(F)(F)F. The number of pyridine rings is 1. The van der Waals surface area contributed by atoms with Crippen LogP contribution >= 0.6 is 0 Å². The Morgan fingerprint density at radius 2 is 1.71 bits per heavy atom. The van der Waals surface area contributed by atoms with E-state index in [1.54, 1.807) is 7.11 Å². The Labute approximate surface area is 119 Å². The Balaban J connectivity index is 0.000000240. The van der Waals surface area contributed by atoms with Crippen LogP contribution in [0.15, 0.2) is 36.5 Å². The number of halogens is 3. The van der Waals surface area contributed by atoms with Crippen LogP contribution in [0.25, 0.3) is 10.9 Å². The lowest BCUT2D eigenvalue weighted by atomic mass is 10.2. The van der Waals surface area contributed by atoms with Crippen LogP contribution in [0.4, 0.5) is 13.2 Å². The van der Waals surface area contributed by atoms with E-state index in [0.29, 0.717) is 0 Å². The lowest BCUT2D eigenvalue weighted by molar-refractivity contribution is -0.644. The number of methoxy groups -OCH3 is 1. The first kappa shape index (κ1) is 17.2. The van der Waals surface area contributed by atoms with Crippen molar-refractivity contribution in [1.82, 2.24) is 0 Å². The van der Waals surface area contributed by atoms with Crippen LogP contribution in [0, 0.1) is 0 Å². The minimum Gasteiger partial charge on any atom is -0.741 e. The molecule has 0 aliphatic heterocycles. The summed E-state index contributed by atoms with van der Waals surface area (Å²) in [6, 6.07) is 10.2. The number of rotatable bonds is 1. The monoisotopic (exact) mass is 323 g/mol. The summed E-state index contributed by atoms with van der Waals surface area (Å²) >= 11 is 0. The second kappa shape index (κ2) is 6.27. The molecule has 0 saturated heterocycles. The number of hydrogen-bond donors (Lipinski definition) is 0. The third-order valence-electron chi connectivity index (χ3n) is 2.50. The van der Waals surface area contributed by atoms with Gasteiger partial charge in [0.05, 0.1) is 12.5 Å². The van der Waals surface area contributed by atoms with Crippen LogP contribution in [0.1, 0.15) is 0 Å². The summed E-state index contributed by atoms with van der Waals surface area (Å²) in [6.07, 6.45) is 2.00. The summed E-state index contributed by atoms with van der Waals surface area (Å²) in [4.78, 5) is 0. The maximum Gasteiger partial charge on any atom is 0.485 e. The summed E-state index contributed by atoms with van der Waals surface area (Å²) in [7, 11) is -2.36. The van der Waals surface area contributed by atoms with Gasteiger partial charge in [0.15, 0.2) is 16.3 Å². The van der Waals surface area contributed by atoms with E-state index in [0.717, 1.165) is 11.1 Å². The third kappa shape index (κ3) is 4.30. The number of aromatic nitrogens is 1. The second-order valence-corrected chi connectivity index (χ2v) is 5.28. The molecule has 1 heterocycles. The maximum absolute atomic E-state index is 10.7. The van der Waals surface area contributed by atoms with Gasteiger partial charge in [-0.3, -0.25) is 0 Å². The molecule has 0 amide bonds. The number of hydrogen-bond acceptors (Lipinski definition) is 4. The molecule has 1 aromatic carbocycles. The molecule has 0 radical (unpaired) electrons. The van der Waals surface area contributed by atoms with Gasteiger partial charge < -0.3 is 9.29 Å². The van der Waals surface area contributed by atoms with Crippen molar-refractivity contribution in [2.75, 3.05) is 7.11 Å². The average Bonchev–Trinajstić information content (AvgIpc) is 2.38. The van der Waals surface area contributed by atoms with Gasteiger partial charge in [-0.2, -0.15) is 13.2 Å². The molecule has 0 aliphatic carbocycles. The van der Waals surface area contributed by atoms with Crippen molar-refractivity contribution in [3.63, 3.8) is 0 Å². The highest BCUT2D eigenvalue weighted by Crippen LogP contribution is 2.21. The molecule has 2 aromatic rings. The van der Waals surface area contributed by atoms with E-state index < -0.39 is 15.6 Å². The van der Waals surface area contributed by atoms with E-state index in [2.05, 4.69) is 16.7 Å². The van der Waals surface area contributed by atoms with Gasteiger partial charge in [-0.1, -0.05) is 12.1 Å². The number of benzene rings is 1. The van der Waals surface area contributed by atoms with Crippen LogP contribution in [0.5, 0.6) is 5.75 Å². The topological polar surface area (TPSA) is 70.3 Å². The predicted molar refractivity (Wildman–Crippen MR) is 67.4 cm³/mol. The maximum atomic E-state index is 10.7. The molecule has 116 valence electrons. The molecule has 0 N–H and O–H groups in total. The highest BCUT2D eigenvalue weighted by molar-refractivity contribution is 7.86. The number of ether oxygens (including phenoxy) is 1. The van der Waals surface area contributed by atoms with Gasteiger partial charge in [0.1, 0.15) is 12.8 Å². The largest absolute Gasteiger partial charge is 0.741 e. The molecular weight excluding hydrogens is 311 g/mol. The van der Waals surface area contributed by atoms with Crippen molar-refractivity contribution in [1.29, 1.82) is 0 Å². The summed E-state index contributed by atoms with van der Waals surface area (Å²) in [5.41, 5.74) is -4.46. The number of para-hydroxylation sites is 1. The van der Waals surface area contributed by atoms with Crippen LogP contribution in [0.2, 0.25) is 0 Å². The number of nitrogens with zero attached hydrogens (tertiary/aromatic N) is 1. The molecule has 0 spiro atoms. The molecule has 9 heteroatoms. The van der Waals surface area contributed by atoms with E-state index in [9.17, 15) is 13.2 Å². The Bertz CT molecular complexity index is 729. The standard InChI is InChI=1S/C11H12NO.CHF3O3S/c1-12-8-7-11(13-2)9-5-3-4-6-10(9)12;2-1(3,4)8(5,6)7/h3-8H,1-2H3;(H,5,6,7)/q+1;/p-1. The Morgan fingerprint density at radius 3 is 2.19 bits per heavy atom. The number of alkyl halides is 3. The average molecular weight is 323 g/mol. The van der Waals surface area contributed by atoms with Gasteiger partial charge in [0, 0.05) is 12.1 Å². The highest BCUT2D eigenvalue weighted by atomic mass is 32.2. The quantitative estimate of drug-likeness (QED) is 0.455. The van der Waals surface area contributed by atoms with Gasteiger partial charge in [0.25, 0.3) is 0 Å². The van der Waals surface area contributed by atoms with Crippen molar-refractivity contribution in [2.24, 2.45) is 7.05 Å². The number of aryl methyl sites for hydroxylation is 1. The van der Waals surface area contributed by atoms with Crippen LogP contribution in [-0.2, 0) is 17.2 Å². The molecule has 0 unspecified atom stereocenters. The van der Waals surface area contributed by atoms with Crippen molar-refractivity contribution in [3.8, 4) is 5.75 Å². The highest BCUT2D eigenvalue weighted by Gasteiger charge is 2.36. The minimum atomic E-state index is -6.09. The van der Waals surface area contributed by atoms with Crippen molar-refractivity contribution < 1.29 is 35.4 Å². The first-order valence-corrected chi connectivity index (χ1v) is 6.92. The normalized spacial score (nSPS) is 11.7. The molecule has 1 aromatic heterocycles. The van der Waals surface area contributed by atoms with Gasteiger partial charge in [-0.25, -0.2) is 13.0 Å². The molecule has 0 fully saturated rings. The first-order chi connectivity index (χ1) is 9.58. The zero-order valence-electron chi connectivity index (χ0n) is 11.1. The fourth-order valence-electron chi connectivity index (χ4n) is 1.52. The lowest BCUT2D eigenvalue weighted by Crippen LogP contribution is -2.27. The molecule has 0 bridgehead atoms. The molecule has 0 atom stereocenters. The molecule has 2 rings (SSSR count). The van der Waals surface area contributed by atoms with E-state index in [1.165, 1.54) is 5.52 Å². The second-order valence-electron chi connectivity index (χ2n) is 3.91. The fourth-order valence-corrected chi connectivity index (χ4v) is 1.52. The molecule has 0 saturated carbocycles. The van der Waals surface area contributed by atoms with Crippen LogP contribution < -0.4 is 9.30 Å². The van der Waals surface area contributed by atoms with Crippen molar-refractivity contribution in [2.45, 2.75) is 5.51 Å².